The molecular formula is C15H20N2O3. The fourth-order valence-corrected chi connectivity index (χ4v) is 1.61. The molecule has 5 nitrogen and oxygen atoms in total. The van der Waals surface area contributed by atoms with Crippen molar-refractivity contribution >= 4 is 5.91 Å². The number of carbonyl (C=O) groups excluding carboxylic acids is 1. The van der Waals surface area contributed by atoms with Gasteiger partial charge in [0.05, 0.1) is 24.8 Å². The van der Waals surface area contributed by atoms with Crippen LogP contribution in [0.2, 0.25) is 0 Å². The summed E-state index contributed by atoms with van der Waals surface area (Å²) in [6.07, 6.45) is 1.75. The molecule has 0 unspecified atom stereocenters. The first-order chi connectivity index (χ1) is 9.77. The van der Waals surface area contributed by atoms with E-state index in [9.17, 15) is 4.79 Å². The number of methoxy groups -OCH3 is 1. The van der Waals surface area contributed by atoms with Gasteiger partial charge in [0.15, 0.2) is 0 Å². The Bertz CT molecular complexity index is 455. The normalized spacial score (nSPS) is 10.0. The molecular weight excluding hydrogens is 256 g/mol. The molecule has 0 aromatic heterocycles. The number of ether oxygens (including phenoxy) is 2. The van der Waals surface area contributed by atoms with E-state index in [1.807, 2.05) is 6.07 Å². The van der Waals surface area contributed by atoms with Crippen LogP contribution in [0, 0.1) is 11.3 Å². The fraction of sp³-hybridized carbons (Fsp3) is 0.467. The number of nitrogens with one attached hydrogen (secondary N) is 1. The average Bonchev–Trinajstić information content (AvgIpc) is 2.49. The summed E-state index contributed by atoms with van der Waals surface area (Å²) in [5, 5.41) is 11.6. The second-order valence-electron chi connectivity index (χ2n) is 4.26. The zero-order valence-electron chi connectivity index (χ0n) is 11.7. The van der Waals surface area contributed by atoms with Gasteiger partial charge in [-0.2, -0.15) is 5.26 Å². The van der Waals surface area contributed by atoms with Crippen molar-refractivity contribution in [2.24, 2.45) is 0 Å². The van der Waals surface area contributed by atoms with Crippen molar-refractivity contribution in [2.45, 2.75) is 12.8 Å². The number of benzene rings is 1. The van der Waals surface area contributed by atoms with E-state index in [1.165, 1.54) is 0 Å². The molecule has 0 radical (unpaired) electrons. The van der Waals surface area contributed by atoms with Crippen LogP contribution < -0.4 is 5.32 Å². The van der Waals surface area contributed by atoms with Crippen LogP contribution in [0.1, 0.15) is 28.8 Å². The third-order valence-electron chi connectivity index (χ3n) is 2.69. The van der Waals surface area contributed by atoms with Gasteiger partial charge in [0.2, 0.25) is 0 Å². The van der Waals surface area contributed by atoms with Crippen LogP contribution in [0.3, 0.4) is 0 Å². The lowest BCUT2D eigenvalue weighted by atomic mass is 10.1. The summed E-state index contributed by atoms with van der Waals surface area (Å²) in [6, 6.07) is 8.68. The molecule has 0 saturated carbocycles. The molecule has 20 heavy (non-hydrogen) atoms. The smallest absolute Gasteiger partial charge is 0.251 e. The lowest BCUT2D eigenvalue weighted by molar-refractivity contribution is 0.0686. The summed E-state index contributed by atoms with van der Waals surface area (Å²) >= 11 is 0. The van der Waals surface area contributed by atoms with Gasteiger partial charge < -0.3 is 14.8 Å². The van der Waals surface area contributed by atoms with Crippen LogP contribution in [0.5, 0.6) is 0 Å². The van der Waals surface area contributed by atoms with E-state index in [0.29, 0.717) is 37.5 Å². The molecule has 0 spiro atoms. The third-order valence-corrected chi connectivity index (χ3v) is 2.69. The number of nitrogens with zero attached hydrogens (tertiary/aromatic N) is 1. The molecule has 108 valence electrons. The Kier molecular flexibility index (Phi) is 8.04. The standard InChI is InChI=1S/C15H20N2O3/c1-19-9-10-20-8-3-2-7-17-15(18)14-6-4-5-13(11-14)12-16/h4-6,11H,2-3,7-10H2,1H3,(H,17,18). The Morgan fingerprint density at radius 2 is 2.15 bits per heavy atom. The summed E-state index contributed by atoms with van der Waals surface area (Å²) in [7, 11) is 1.64. The van der Waals surface area contributed by atoms with Crippen molar-refractivity contribution < 1.29 is 14.3 Å². The Balaban J connectivity index is 2.15. The summed E-state index contributed by atoms with van der Waals surface area (Å²) < 4.78 is 10.2. The van der Waals surface area contributed by atoms with E-state index in [1.54, 1.807) is 31.4 Å². The summed E-state index contributed by atoms with van der Waals surface area (Å²) in [4.78, 5) is 11.8. The number of carbonyl (C=O) groups is 1. The minimum atomic E-state index is -0.151. The van der Waals surface area contributed by atoms with E-state index >= 15 is 0 Å². The Morgan fingerprint density at radius 3 is 2.90 bits per heavy atom. The lowest BCUT2D eigenvalue weighted by Gasteiger charge is -2.06. The highest BCUT2D eigenvalue weighted by Crippen LogP contribution is 2.03. The van der Waals surface area contributed by atoms with Gasteiger partial charge in [0.25, 0.3) is 5.91 Å². The topological polar surface area (TPSA) is 71.3 Å². The molecule has 5 heteroatoms. The van der Waals surface area contributed by atoms with E-state index in [4.69, 9.17) is 14.7 Å². The second kappa shape index (κ2) is 9.96. The summed E-state index contributed by atoms with van der Waals surface area (Å²) in [6.45, 7) is 2.47. The van der Waals surface area contributed by atoms with Crippen LogP contribution in [0.15, 0.2) is 24.3 Å². The third kappa shape index (κ3) is 6.32. The van der Waals surface area contributed by atoms with Gasteiger partial charge in [-0.15, -0.1) is 0 Å². The van der Waals surface area contributed by atoms with Gasteiger partial charge in [-0.25, -0.2) is 0 Å². The van der Waals surface area contributed by atoms with Crippen molar-refractivity contribution in [3.63, 3.8) is 0 Å². The van der Waals surface area contributed by atoms with E-state index < -0.39 is 0 Å². The molecule has 0 aliphatic heterocycles. The number of nitriles is 1. The number of rotatable bonds is 9. The zero-order valence-corrected chi connectivity index (χ0v) is 11.7. The van der Waals surface area contributed by atoms with E-state index in [-0.39, 0.29) is 5.91 Å². The van der Waals surface area contributed by atoms with Crippen molar-refractivity contribution in [1.82, 2.24) is 5.32 Å². The minimum Gasteiger partial charge on any atom is -0.382 e. The number of hydrogen-bond donors (Lipinski definition) is 1. The first kappa shape index (κ1) is 16.2. The maximum Gasteiger partial charge on any atom is 0.251 e. The Morgan fingerprint density at radius 1 is 1.30 bits per heavy atom. The molecule has 0 fully saturated rings. The molecule has 0 saturated heterocycles. The highest BCUT2D eigenvalue weighted by Gasteiger charge is 2.04. The average molecular weight is 276 g/mol. The van der Waals surface area contributed by atoms with Crippen LogP contribution >= 0.6 is 0 Å². The lowest BCUT2D eigenvalue weighted by Crippen LogP contribution is -2.24. The molecule has 0 aliphatic rings. The molecule has 1 aromatic rings. The van der Waals surface area contributed by atoms with Gasteiger partial charge in [-0.3, -0.25) is 4.79 Å². The molecule has 1 aromatic carbocycles. The summed E-state index contributed by atoms with van der Waals surface area (Å²) in [5.74, 6) is -0.151. The highest BCUT2D eigenvalue weighted by atomic mass is 16.5. The maximum atomic E-state index is 11.8. The zero-order chi connectivity index (χ0) is 14.6. The van der Waals surface area contributed by atoms with E-state index in [0.717, 1.165) is 12.8 Å². The second-order valence-corrected chi connectivity index (χ2v) is 4.26. The Labute approximate surface area is 119 Å². The Hall–Kier alpha value is -1.90. The predicted octanol–water partition coefficient (Wildman–Crippen LogP) is 1.73. The first-order valence-electron chi connectivity index (χ1n) is 6.63. The van der Waals surface area contributed by atoms with Crippen molar-refractivity contribution in [1.29, 1.82) is 5.26 Å². The molecule has 0 atom stereocenters. The fourth-order valence-electron chi connectivity index (χ4n) is 1.61. The molecule has 0 bridgehead atoms. The van der Waals surface area contributed by atoms with Gasteiger partial charge >= 0.3 is 0 Å². The van der Waals surface area contributed by atoms with Gasteiger partial charge in [-0.1, -0.05) is 6.07 Å². The van der Waals surface area contributed by atoms with Crippen LogP contribution in [0.25, 0.3) is 0 Å². The molecule has 0 aliphatic carbocycles. The van der Waals surface area contributed by atoms with Gasteiger partial charge in [0, 0.05) is 25.8 Å². The quantitative estimate of drug-likeness (QED) is 0.697. The molecule has 1 N–H and O–H groups in total. The first-order valence-corrected chi connectivity index (χ1v) is 6.63. The monoisotopic (exact) mass is 276 g/mol. The predicted molar refractivity (Wildman–Crippen MR) is 75.4 cm³/mol. The van der Waals surface area contributed by atoms with Crippen molar-refractivity contribution in [3.05, 3.63) is 35.4 Å². The van der Waals surface area contributed by atoms with Gasteiger partial charge in [0.1, 0.15) is 0 Å². The molecule has 1 rings (SSSR count). The van der Waals surface area contributed by atoms with Crippen LogP contribution in [-0.2, 0) is 9.47 Å². The van der Waals surface area contributed by atoms with Crippen LogP contribution in [0.4, 0.5) is 0 Å². The van der Waals surface area contributed by atoms with Gasteiger partial charge in [-0.05, 0) is 31.0 Å². The highest BCUT2D eigenvalue weighted by molar-refractivity contribution is 5.94. The SMILES string of the molecule is COCCOCCCCNC(=O)c1cccc(C#N)c1. The molecule has 0 heterocycles. The number of hydrogen-bond acceptors (Lipinski definition) is 4. The molecule has 1 amide bonds. The minimum absolute atomic E-state index is 0.151. The largest absolute Gasteiger partial charge is 0.382 e. The van der Waals surface area contributed by atoms with Crippen LogP contribution in [-0.4, -0.2) is 39.4 Å². The van der Waals surface area contributed by atoms with E-state index in [2.05, 4.69) is 5.32 Å². The number of unbranched alkanes of at least 4 members (excludes halogenated alkanes) is 1. The summed E-state index contributed by atoms with van der Waals surface area (Å²) in [5.41, 5.74) is 1.00. The van der Waals surface area contributed by atoms with Crippen molar-refractivity contribution in [3.8, 4) is 6.07 Å². The maximum absolute atomic E-state index is 11.8. The van der Waals surface area contributed by atoms with Crippen molar-refractivity contribution in [2.75, 3.05) is 33.5 Å². The number of amides is 1.